The summed E-state index contributed by atoms with van der Waals surface area (Å²) in [6.07, 6.45) is 3.45. The highest BCUT2D eigenvalue weighted by molar-refractivity contribution is 6.38. The van der Waals surface area contributed by atoms with E-state index in [1.807, 2.05) is 19.2 Å². The Balaban J connectivity index is 2.12. The Morgan fingerprint density at radius 1 is 1.00 bits per heavy atom. The number of aryl methyl sites for hydroxylation is 1. The predicted octanol–water partition coefficient (Wildman–Crippen LogP) is 4.50. The summed E-state index contributed by atoms with van der Waals surface area (Å²) in [4.78, 5) is 8.59. The van der Waals surface area contributed by atoms with Gasteiger partial charge in [-0.25, -0.2) is 9.97 Å². The second-order valence-corrected chi connectivity index (χ2v) is 5.57. The maximum Gasteiger partial charge on any atom is 0.165 e. The lowest BCUT2D eigenvalue weighted by Crippen LogP contribution is -1.94. The molecule has 0 saturated carbocycles. The number of nitrogens with zero attached hydrogens (tertiary/aromatic N) is 4. The van der Waals surface area contributed by atoms with Gasteiger partial charge in [-0.1, -0.05) is 46.9 Å². The van der Waals surface area contributed by atoms with E-state index in [0.717, 1.165) is 11.1 Å². The number of aromatic nitrogens is 4. The lowest BCUT2D eigenvalue weighted by atomic mass is 10.1. The van der Waals surface area contributed by atoms with Crippen LogP contribution in [0, 0.1) is 0 Å². The minimum Gasteiger partial charge on any atom is -0.275 e. The Morgan fingerprint density at radius 2 is 1.71 bits per heavy atom. The third kappa shape index (κ3) is 2.88. The van der Waals surface area contributed by atoms with E-state index < -0.39 is 0 Å². The van der Waals surface area contributed by atoms with Crippen LogP contribution < -0.4 is 0 Å². The lowest BCUT2D eigenvalue weighted by molar-refractivity contribution is 0.768. The molecule has 0 radical (unpaired) electrons. The van der Waals surface area contributed by atoms with E-state index in [4.69, 9.17) is 34.8 Å². The topological polar surface area (TPSA) is 43.6 Å². The zero-order chi connectivity index (χ0) is 15.0. The third-order valence-corrected chi connectivity index (χ3v) is 3.68. The van der Waals surface area contributed by atoms with Crippen molar-refractivity contribution in [2.24, 2.45) is 7.05 Å². The van der Waals surface area contributed by atoms with Gasteiger partial charge in [-0.3, -0.25) is 4.68 Å². The Labute approximate surface area is 136 Å². The molecule has 0 aliphatic heterocycles. The third-order valence-electron chi connectivity index (χ3n) is 2.90. The zero-order valence-electron chi connectivity index (χ0n) is 10.9. The molecule has 0 unspecified atom stereocenters. The van der Waals surface area contributed by atoms with Gasteiger partial charge in [-0.05, 0) is 17.7 Å². The molecule has 21 heavy (non-hydrogen) atoms. The van der Waals surface area contributed by atoms with Crippen LogP contribution >= 0.6 is 34.8 Å². The van der Waals surface area contributed by atoms with Gasteiger partial charge < -0.3 is 0 Å². The van der Waals surface area contributed by atoms with E-state index >= 15 is 0 Å². The molecule has 0 N–H and O–H groups in total. The summed E-state index contributed by atoms with van der Waals surface area (Å²) in [7, 11) is 1.81. The number of rotatable bonds is 2. The fraction of sp³-hybridized carbons (Fsp3) is 0.0714. The molecule has 0 fully saturated rings. The minimum absolute atomic E-state index is 0.274. The molecule has 2 aromatic heterocycles. The van der Waals surface area contributed by atoms with Crippen molar-refractivity contribution < 1.29 is 0 Å². The second kappa shape index (κ2) is 5.64. The number of hydrogen-bond acceptors (Lipinski definition) is 3. The summed E-state index contributed by atoms with van der Waals surface area (Å²) < 4.78 is 1.66. The van der Waals surface area contributed by atoms with Crippen molar-refractivity contribution in [3.8, 4) is 22.5 Å². The molecule has 3 aromatic rings. The molecule has 7 heteroatoms. The normalized spacial score (nSPS) is 10.9. The highest BCUT2D eigenvalue weighted by Gasteiger charge is 2.15. The maximum absolute atomic E-state index is 6.27. The molecule has 0 aliphatic carbocycles. The number of halogens is 3. The molecule has 0 bridgehead atoms. The van der Waals surface area contributed by atoms with Crippen LogP contribution in [-0.4, -0.2) is 19.7 Å². The molecule has 106 valence electrons. The Morgan fingerprint density at radius 3 is 2.29 bits per heavy atom. The van der Waals surface area contributed by atoms with Crippen molar-refractivity contribution in [1.82, 2.24) is 19.7 Å². The summed E-state index contributed by atoms with van der Waals surface area (Å²) in [6.45, 7) is 0. The van der Waals surface area contributed by atoms with Crippen LogP contribution in [0.2, 0.25) is 15.3 Å². The van der Waals surface area contributed by atoms with E-state index in [0.29, 0.717) is 16.4 Å². The van der Waals surface area contributed by atoms with Crippen molar-refractivity contribution in [2.45, 2.75) is 0 Å². The lowest BCUT2D eigenvalue weighted by Gasteiger charge is -2.08. The van der Waals surface area contributed by atoms with E-state index in [-0.39, 0.29) is 10.3 Å². The van der Waals surface area contributed by atoms with Gasteiger partial charge in [0, 0.05) is 18.3 Å². The molecule has 0 saturated heterocycles. The van der Waals surface area contributed by atoms with E-state index in [9.17, 15) is 0 Å². The van der Waals surface area contributed by atoms with E-state index in [1.165, 1.54) is 0 Å². The summed E-state index contributed by atoms with van der Waals surface area (Å²) in [5.41, 5.74) is 2.09. The SMILES string of the molecule is Cn1cc(-c2nc(Cl)c(-c3cccc(Cl)c3)c(Cl)n2)cn1. The van der Waals surface area contributed by atoms with Crippen molar-refractivity contribution in [1.29, 1.82) is 0 Å². The molecule has 0 amide bonds. The van der Waals surface area contributed by atoms with Gasteiger partial charge in [0.1, 0.15) is 10.3 Å². The first-order valence-electron chi connectivity index (χ1n) is 6.02. The van der Waals surface area contributed by atoms with Crippen LogP contribution in [-0.2, 0) is 7.05 Å². The van der Waals surface area contributed by atoms with E-state index in [2.05, 4.69) is 15.1 Å². The van der Waals surface area contributed by atoms with Gasteiger partial charge in [0.2, 0.25) is 0 Å². The Kier molecular flexibility index (Phi) is 3.85. The molecule has 0 spiro atoms. The van der Waals surface area contributed by atoms with Crippen molar-refractivity contribution in [2.75, 3.05) is 0 Å². The van der Waals surface area contributed by atoms with Crippen LogP contribution in [0.1, 0.15) is 0 Å². The van der Waals surface area contributed by atoms with Crippen LogP contribution in [0.15, 0.2) is 36.7 Å². The van der Waals surface area contributed by atoms with Gasteiger partial charge >= 0.3 is 0 Å². The maximum atomic E-state index is 6.27. The molecule has 0 atom stereocenters. The van der Waals surface area contributed by atoms with Gasteiger partial charge in [-0.15, -0.1) is 0 Å². The highest BCUT2D eigenvalue weighted by Crippen LogP contribution is 2.35. The second-order valence-electron chi connectivity index (χ2n) is 4.42. The van der Waals surface area contributed by atoms with Crippen molar-refractivity contribution in [3.05, 3.63) is 52.0 Å². The minimum atomic E-state index is 0.274. The van der Waals surface area contributed by atoms with Gasteiger partial charge in [0.25, 0.3) is 0 Å². The largest absolute Gasteiger partial charge is 0.275 e. The average Bonchev–Trinajstić information content (AvgIpc) is 2.85. The van der Waals surface area contributed by atoms with Crippen LogP contribution in [0.25, 0.3) is 22.5 Å². The van der Waals surface area contributed by atoms with Gasteiger partial charge in [0.15, 0.2) is 5.82 Å². The van der Waals surface area contributed by atoms with Crippen LogP contribution in [0.3, 0.4) is 0 Å². The number of benzene rings is 1. The summed E-state index contributed by atoms with van der Waals surface area (Å²) in [5.74, 6) is 0.434. The molecular weight excluding hydrogens is 331 g/mol. The van der Waals surface area contributed by atoms with Crippen molar-refractivity contribution >= 4 is 34.8 Å². The monoisotopic (exact) mass is 338 g/mol. The predicted molar refractivity (Wildman–Crippen MR) is 84.7 cm³/mol. The van der Waals surface area contributed by atoms with Gasteiger partial charge in [-0.2, -0.15) is 5.10 Å². The first-order valence-corrected chi connectivity index (χ1v) is 7.16. The van der Waals surface area contributed by atoms with Gasteiger partial charge in [0.05, 0.1) is 17.3 Å². The van der Waals surface area contributed by atoms with Crippen LogP contribution in [0.5, 0.6) is 0 Å². The van der Waals surface area contributed by atoms with Crippen LogP contribution in [0.4, 0.5) is 0 Å². The summed E-state index contributed by atoms with van der Waals surface area (Å²) >= 11 is 18.5. The average molecular weight is 340 g/mol. The fourth-order valence-corrected chi connectivity index (χ4v) is 2.75. The first kappa shape index (κ1) is 14.3. The summed E-state index contributed by atoms with van der Waals surface area (Å²) in [6, 6.07) is 7.21. The first-order chi connectivity index (χ1) is 10.0. The molecule has 3 rings (SSSR count). The fourth-order valence-electron chi connectivity index (χ4n) is 1.96. The van der Waals surface area contributed by atoms with E-state index in [1.54, 1.807) is 29.2 Å². The standard InChI is InChI=1S/C14H9Cl3N4/c1-21-7-9(6-18-21)14-19-12(16)11(13(17)20-14)8-3-2-4-10(15)5-8/h2-7H,1H3. The molecule has 0 aliphatic rings. The summed E-state index contributed by atoms with van der Waals surface area (Å²) in [5, 5.41) is 5.22. The quantitative estimate of drug-likeness (QED) is 0.645. The molecule has 1 aromatic carbocycles. The molecular formula is C14H9Cl3N4. The molecule has 4 nitrogen and oxygen atoms in total. The highest BCUT2D eigenvalue weighted by atomic mass is 35.5. The Hall–Kier alpha value is -1.62. The molecule has 2 heterocycles. The zero-order valence-corrected chi connectivity index (χ0v) is 13.2. The Bertz CT molecular complexity index is 790. The van der Waals surface area contributed by atoms with Crippen molar-refractivity contribution in [3.63, 3.8) is 0 Å². The smallest absolute Gasteiger partial charge is 0.165 e. The number of hydrogen-bond donors (Lipinski definition) is 0.